The first-order valence-corrected chi connectivity index (χ1v) is 6.61. The van der Waals surface area contributed by atoms with Crippen molar-refractivity contribution in [3.8, 4) is 11.5 Å². The molecular formula is C16H17N3O3. The van der Waals surface area contributed by atoms with Crippen molar-refractivity contribution in [1.29, 1.82) is 0 Å². The molecule has 0 radical (unpaired) electrons. The fourth-order valence-electron chi connectivity index (χ4n) is 1.77. The molecule has 0 spiro atoms. The van der Waals surface area contributed by atoms with Crippen LogP contribution in [0, 0.1) is 0 Å². The van der Waals surface area contributed by atoms with Gasteiger partial charge < -0.3 is 9.47 Å². The van der Waals surface area contributed by atoms with Crippen LogP contribution in [0.1, 0.15) is 11.1 Å². The van der Waals surface area contributed by atoms with Gasteiger partial charge in [0.2, 0.25) is 0 Å². The number of nitrogens with two attached hydrogens (primary N) is 1. The Labute approximate surface area is 128 Å². The number of nitrogens with one attached hydrogen (secondary N) is 1. The van der Waals surface area contributed by atoms with Gasteiger partial charge in [0, 0.05) is 24.0 Å². The maximum absolute atomic E-state index is 11.1. The quantitative estimate of drug-likeness (QED) is 0.367. The van der Waals surface area contributed by atoms with Crippen LogP contribution in [-0.4, -0.2) is 18.0 Å². The van der Waals surface area contributed by atoms with Gasteiger partial charge in [-0.15, -0.1) is 0 Å². The van der Waals surface area contributed by atoms with Crippen molar-refractivity contribution in [1.82, 2.24) is 10.4 Å². The number of aromatic nitrogens is 1. The summed E-state index contributed by atoms with van der Waals surface area (Å²) in [5, 5.41) is 0. The van der Waals surface area contributed by atoms with E-state index in [9.17, 15) is 4.79 Å². The molecule has 2 aromatic rings. The summed E-state index contributed by atoms with van der Waals surface area (Å²) in [6.45, 7) is 0.376. The monoisotopic (exact) mass is 299 g/mol. The minimum Gasteiger partial charge on any atom is -0.493 e. The smallest absolute Gasteiger partial charge is 0.257 e. The predicted octanol–water partition coefficient (Wildman–Crippen LogP) is 1.67. The van der Waals surface area contributed by atoms with E-state index in [0.29, 0.717) is 18.1 Å². The van der Waals surface area contributed by atoms with Gasteiger partial charge in [-0.25, -0.2) is 5.84 Å². The van der Waals surface area contributed by atoms with E-state index in [1.807, 2.05) is 23.6 Å². The number of benzene rings is 1. The number of amides is 1. The van der Waals surface area contributed by atoms with Crippen LogP contribution >= 0.6 is 0 Å². The van der Waals surface area contributed by atoms with Crippen molar-refractivity contribution < 1.29 is 14.3 Å². The molecule has 0 aliphatic rings. The fourth-order valence-corrected chi connectivity index (χ4v) is 1.77. The van der Waals surface area contributed by atoms with Crippen LogP contribution in [0.2, 0.25) is 0 Å². The molecule has 0 aliphatic heterocycles. The lowest BCUT2D eigenvalue weighted by Crippen LogP contribution is -2.27. The maximum atomic E-state index is 11.1. The zero-order valence-corrected chi connectivity index (χ0v) is 12.2. The van der Waals surface area contributed by atoms with E-state index in [-0.39, 0.29) is 5.91 Å². The zero-order chi connectivity index (χ0) is 15.8. The molecule has 114 valence electrons. The van der Waals surface area contributed by atoms with Crippen LogP contribution < -0.4 is 20.7 Å². The normalized spacial score (nSPS) is 10.5. The van der Waals surface area contributed by atoms with E-state index < -0.39 is 0 Å². The minimum atomic E-state index is -0.381. The van der Waals surface area contributed by atoms with Crippen molar-refractivity contribution >= 4 is 12.0 Å². The van der Waals surface area contributed by atoms with Crippen molar-refractivity contribution in [2.45, 2.75) is 6.61 Å². The number of hydrogen-bond acceptors (Lipinski definition) is 5. The first kappa shape index (κ1) is 15.5. The largest absolute Gasteiger partial charge is 0.493 e. The Kier molecular flexibility index (Phi) is 5.50. The first-order valence-electron chi connectivity index (χ1n) is 6.61. The van der Waals surface area contributed by atoms with Crippen LogP contribution in [0.15, 0.2) is 48.8 Å². The van der Waals surface area contributed by atoms with Crippen LogP contribution in [0.25, 0.3) is 6.08 Å². The van der Waals surface area contributed by atoms with E-state index in [1.165, 1.54) is 6.08 Å². The Morgan fingerprint density at radius 3 is 2.91 bits per heavy atom. The molecule has 0 unspecified atom stereocenters. The molecule has 0 atom stereocenters. The molecule has 1 aromatic heterocycles. The highest BCUT2D eigenvalue weighted by molar-refractivity contribution is 5.91. The highest BCUT2D eigenvalue weighted by atomic mass is 16.5. The fraction of sp³-hybridized carbons (Fsp3) is 0.125. The molecular weight excluding hydrogens is 282 g/mol. The second kappa shape index (κ2) is 7.80. The highest BCUT2D eigenvalue weighted by Crippen LogP contribution is 2.29. The molecule has 22 heavy (non-hydrogen) atoms. The Bertz CT molecular complexity index is 657. The van der Waals surface area contributed by atoms with E-state index >= 15 is 0 Å². The third-order valence-electron chi connectivity index (χ3n) is 2.87. The predicted molar refractivity (Wildman–Crippen MR) is 82.9 cm³/mol. The van der Waals surface area contributed by atoms with Crippen molar-refractivity contribution in [2.75, 3.05) is 7.11 Å². The highest BCUT2D eigenvalue weighted by Gasteiger charge is 2.05. The molecule has 0 aliphatic carbocycles. The maximum Gasteiger partial charge on any atom is 0.257 e. The Morgan fingerprint density at radius 2 is 2.23 bits per heavy atom. The number of hydrogen-bond donors (Lipinski definition) is 2. The van der Waals surface area contributed by atoms with Gasteiger partial charge in [0.1, 0.15) is 6.61 Å². The number of carbonyl (C=O) groups excluding carboxylic acids is 1. The SMILES string of the molecule is COc1ccc(/C=C/C(=O)NN)cc1OCc1cccnc1. The molecule has 3 N–H and O–H groups in total. The summed E-state index contributed by atoms with van der Waals surface area (Å²) < 4.78 is 11.0. The summed E-state index contributed by atoms with van der Waals surface area (Å²) in [4.78, 5) is 15.2. The number of hydrazine groups is 1. The van der Waals surface area contributed by atoms with Gasteiger partial charge in [-0.05, 0) is 29.8 Å². The summed E-state index contributed by atoms with van der Waals surface area (Å²) >= 11 is 0. The van der Waals surface area contributed by atoms with Gasteiger partial charge in [-0.2, -0.15) is 0 Å². The van der Waals surface area contributed by atoms with Crippen molar-refractivity contribution in [3.63, 3.8) is 0 Å². The summed E-state index contributed by atoms with van der Waals surface area (Å²) in [6.07, 6.45) is 6.42. The number of methoxy groups -OCH3 is 1. The lowest BCUT2D eigenvalue weighted by Gasteiger charge is -2.11. The molecule has 6 nitrogen and oxygen atoms in total. The lowest BCUT2D eigenvalue weighted by atomic mass is 10.2. The number of nitrogens with zero attached hydrogens (tertiary/aromatic N) is 1. The number of pyridine rings is 1. The van der Waals surface area contributed by atoms with E-state index in [0.717, 1.165) is 11.1 Å². The molecule has 0 saturated carbocycles. The molecule has 6 heteroatoms. The topological polar surface area (TPSA) is 86.5 Å². The average molecular weight is 299 g/mol. The Morgan fingerprint density at radius 1 is 1.36 bits per heavy atom. The number of rotatable bonds is 6. The minimum absolute atomic E-state index is 0.376. The van der Waals surface area contributed by atoms with Crippen LogP contribution in [0.3, 0.4) is 0 Å². The lowest BCUT2D eigenvalue weighted by molar-refractivity contribution is -0.116. The standard InChI is InChI=1S/C16H17N3O3/c1-21-14-6-4-12(5-7-16(20)19-17)9-15(14)22-11-13-3-2-8-18-10-13/h2-10H,11,17H2,1H3,(H,19,20)/b7-5+. The molecule has 1 aromatic carbocycles. The van der Waals surface area contributed by atoms with Gasteiger partial charge in [-0.1, -0.05) is 12.1 Å². The summed E-state index contributed by atoms with van der Waals surface area (Å²) in [5.41, 5.74) is 3.78. The molecule has 2 rings (SSSR count). The number of ether oxygens (including phenoxy) is 2. The third-order valence-corrected chi connectivity index (χ3v) is 2.87. The van der Waals surface area contributed by atoms with Crippen LogP contribution in [-0.2, 0) is 11.4 Å². The van der Waals surface area contributed by atoms with Crippen molar-refractivity contribution in [2.24, 2.45) is 5.84 Å². The zero-order valence-electron chi connectivity index (χ0n) is 12.2. The molecule has 0 bridgehead atoms. The van der Waals surface area contributed by atoms with E-state index in [2.05, 4.69) is 4.98 Å². The Hall–Kier alpha value is -2.86. The summed E-state index contributed by atoms with van der Waals surface area (Å²) in [6, 6.07) is 9.15. The molecule has 1 heterocycles. The Balaban J connectivity index is 2.14. The third kappa shape index (κ3) is 4.32. The van der Waals surface area contributed by atoms with Crippen LogP contribution in [0.5, 0.6) is 11.5 Å². The molecule has 1 amide bonds. The van der Waals surface area contributed by atoms with Gasteiger partial charge in [0.25, 0.3) is 5.91 Å². The second-order valence-corrected chi connectivity index (χ2v) is 4.40. The van der Waals surface area contributed by atoms with E-state index in [4.69, 9.17) is 15.3 Å². The van der Waals surface area contributed by atoms with Gasteiger partial charge in [0.05, 0.1) is 7.11 Å². The second-order valence-electron chi connectivity index (χ2n) is 4.40. The van der Waals surface area contributed by atoms with Crippen molar-refractivity contribution in [3.05, 3.63) is 59.9 Å². The first-order chi connectivity index (χ1) is 10.7. The average Bonchev–Trinajstić information content (AvgIpc) is 2.58. The van der Waals surface area contributed by atoms with E-state index in [1.54, 1.807) is 37.7 Å². The van der Waals surface area contributed by atoms with Gasteiger partial charge >= 0.3 is 0 Å². The summed E-state index contributed by atoms with van der Waals surface area (Å²) in [5.74, 6) is 5.84. The molecule has 0 fully saturated rings. The molecule has 0 saturated heterocycles. The summed E-state index contributed by atoms with van der Waals surface area (Å²) in [7, 11) is 1.57. The number of carbonyl (C=O) groups is 1. The van der Waals surface area contributed by atoms with Gasteiger partial charge in [0.15, 0.2) is 11.5 Å². The van der Waals surface area contributed by atoms with Gasteiger partial charge in [-0.3, -0.25) is 15.2 Å². The van der Waals surface area contributed by atoms with Crippen LogP contribution in [0.4, 0.5) is 0 Å².